The van der Waals surface area contributed by atoms with Crippen LogP contribution in [0.15, 0.2) is 17.5 Å². The maximum Gasteiger partial charge on any atom is 0.327 e. The van der Waals surface area contributed by atoms with E-state index in [0.29, 0.717) is 32.6 Å². The standard InChI is InChI=1S/C14H17N3O3S/c1-10(18)15-6-7-16-12(9-15)13(19)17(14(16)20)5-4-11-3-2-8-21-11/h2-3,8,12H,4-7,9H2,1H3/t12-/m1/s1. The molecule has 3 heterocycles. The molecule has 7 heteroatoms. The third kappa shape index (κ3) is 2.53. The van der Waals surface area contributed by atoms with Crippen molar-refractivity contribution >= 4 is 29.2 Å². The van der Waals surface area contributed by atoms with Crippen molar-refractivity contribution in [3.63, 3.8) is 0 Å². The number of nitrogens with zero attached hydrogens (tertiary/aromatic N) is 3. The molecule has 1 aromatic rings. The van der Waals surface area contributed by atoms with Gasteiger partial charge in [-0.25, -0.2) is 4.79 Å². The summed E-state index contributed by atoms with van der Waals surface area (Å²) in [5.41, 5.74) is 0. The number of thiophene rings is 1. The first-order valence-electron chi connectivity index (χ1n) is 6.98. The van der Waals surface area contributed by atoms with E-state index in [4.69, 9.17) is 0 Å². The lowest BCUT2D eigenvalue weighted by Gasteiger charge is -2.34. The summed E-state index contributed by atoms with van der Waals surface area (Å²) in [6, 6.07) is 3.24. The largest absolute Gasteiger partial charge is 0.339 e. The number of hydrogen-bond acceptors (Lipinski definition) is 4. The molecule has 0 bridgehead atoms. The third-order valence-electron chi connectivity index (χ3n) is 4.02. The predicted molar refractivity (Wildman–Crippen MR) is 77.9 cm³/mol. The van der Waals surface area contributed by atoms with Gasteiger partial charge < -0.3 is 9.80 Å². The molecule has 0 unspecified atom stereocenters. The van der Waals surface area contributed by atoms with Crippen molar-refractivity contribution in [2.24, 2.45) is 0 Å². The van der Waals surface area contributed by atoms with Crippen molar-refractivity contribution in [3.8, 4) is 0 Å². The first-order valence-corrected chi connectivity index (χ1v) is 7.86. The Kier molecular flexibility index (Phi) is 3.67. The van der Waals surface area contributed by atoms with Gasteiger partial charge in [0.05, 0.1) is 6.54 Å². The highest BCUT2D eigenvalue weighted by molar-refractivity contribution is 7.09. The summed E-state index contributed by atoms with van der Waals surface area (Å²) in [5.74, 6) is -0.227. The summed E-state index contributed by atoms with van der Waals surface area (Å²) in [6.45, 7) is 3.15. The number of carbonyl (C=O) groups excluding carboxylic acids is 3. The Hall–Kier alpha value is -1.89. The predicted octanol–water partition coefficient (Wildman–Crippen LogP) is 0.785. The first kappa shape index (κ1) is 14.1. The van der Waals surface area contributed by atoms with Crippen LogP contribution in [0, 0.1) is 0 Å². The van der Waals surface area contributed by atoms with Crippen molar-refractivity contribution in [2.45, 2.75) is 19.4 Å². The normalized spacial score (nSPS) is 22.0. The van der Waals surface area contributed by atoms with Gasteiger partial charge in [-0.3, -0.25) is 14.5 Å². The molecule has 3 rings (SSSR count). The molecule has 0 radical (unpaired) electrons. The van der Waals surface area contributed by atoms with Gasteiger partial charge in [0.2, 0.25) is 5.91 Å². The molecule has 1 aromatic heterocycles. The molecule has 0 N–H and O–H groups in total. The van der Waals surface area contributed by atoms with Crippen molar-refractivity contribution in [1.82, 2.24) is 14.7 Å². The lowest BCUT2D eigenvalue weighted by atomic mass is 10.2. The van der Waals surface area contributed by atoms with Crippen LogP contribution in [0.5, 0.6) is 0 Å². The summed E-state index contributed by atoms with van der Waals surface area (Å²) >= 11 is 1.62. The van der Waals surface area contributed by atoms with Crippen LogP contribution in [0.4, 0.5) is 4.79 Å². The molecule has 0 aliphatic carbocycles. The molecule has 0 spiro atoms. The lowest BCUT2D eigenvalue weighted by molar-refractivity contribution is -0.134. The highest BCUT2D eigenvalue weighted by Crippen LogP contribution is 2.23. The summed E-state index contributed by atoms with van der Waals surface area (Å²) in [6.07, 6.45) is 0.687. The maximum atomic E-state index is 12.4. The topological polar surface area (TPSA) is 60.9 Å². The monoisotopic (exact) mass is 307 g/mol. The molecule has 6 nitrogen and oxygen atoms in total. The van der Waals surface area contributed by atoms with Crippen LogP contribution in [-0.4, -0.2) is 64.8 Å². The first-order chi connectivity index (χ1) is 10.1. The minimum absolute atomic E-state index is 0.0491. The van der Waals surface area contributed by atoms with Gasteiger partial charge in [-0.2, -0.15) is 0 Å². The van der Waals surface area contributed by atoms with E-state index < -0.39 is 6.04 Å². The van der Waals surface area contributed by atoms with Crippen LogP contribution >= 0.6 is 11.3 Å². The molecular weight excluding hydrogens is 290 g/mol. The van der Waals surface area contributed by atoms with Gasteiger partial charge in [-0.1, -0.05) is 6.07 Å². The van der Waals surface area contributed by atoms with Gasteiger partial charge >= 0.3 is 6.03 Å². The molecule has 112 valence electrons. The summed E-state index contributed by atoms with van der Waals surface area (Å²) < 4.78 is 0. The van der Waals surface area contributed by atoms with Crippen molar-refractivity contribution < 1.29 is 14.4 Å². The minimum Gasteiger partial charge on any atom is -0.339 e. The molecule has 1 atom stereocenters. The van der Waals surface area contributed by atoms with Gasteiger partial charge in [-0.05, 0) is 17.9 Å². The second-order valence-electron chi connectivity index (χ2n) is 5.28. The Labute approximate surface area is 126 Å². The smallest absolute Gasteiger partial charge is 0.327 e. The van der Waals surface area contributed by atoms with Crippen LogP contribution in [0.25, 0.3) is 0 Å². The molecule has 2 fully saturated rings. The van der Waals surface area contributed by atoms with Crippen LogP contribution in [0.1, 0.15) is 11.8 Å². The van der Waals surface area contributed by atoms with E-state index in [1.165, 1.54) is 11.8 Å². The molecule has 0 aromatic carbocycles. The average Bonchev–Trinajstić information content (AvgIpc) is 3.06. The summed E-state index contributed by atoms with van der Waals surface area (Å²) in [4.78, 5) is 41.9. The van der Waals surface area contributed by atoms with Crippen LogP contribution in [-0.2, 0) is 16.0 Å². The molecule has 4 amide bonds. The molecule has 21 heavy (non-hydrogen) atoms. The maximum absolute atomic E-state index is 12.4. The van der Waals surface area contributed by atoms with Crippen molar-refractivity contribution in [3.05, 3.63) is 22.4 Å². The van der Waals surface area contributed by atoms with E-state index in [9.17, 15) is 14.4 Å². The number of rotatable bonds is 3. The molecule has 2 saturated heterocycles. The second kappa shape index (κ2) is 5.48. The third-order valence-corrected chi connectivity index (χ3v) is 4.95. The fourth-order valence-electron chi connectivity index (χ4n) is 2.82. The average molecular weight is 307 g/mol. The van der Waals surface area contributed by atoms with E-state index in [1.807, 2.05) is 17.5 Å². The van der Waals surface area contributed by atoms with Crippen LogP contribution < -0.4 is 0 Å². The van der Waals surface area contributed by atoms with Crippen molar-refractivity contribution in [2.75, 3.05) is 26.2 Å². The van der Waals surface area contributed by atoms with E-state index in [1.54, 1.807) is 21.1 Å². The fraction of sp³-hybridized carbons (Fsp3) is 0.500. The van der Waals surface area contributed by atoms with Gasteiger partial charge in [0, 0.05) is 31.4 Å². The number of hydrogen-bond donors (Lipinski definition) is 0. The number of fused-ring (bicyclic) bond motifs is 1. The molecule has 2 aliphatic heterocycles. The fourth-order valence-corrected chi connectivity index (χ4v) is 3.52. The minimum atomic E-state index is -0.501. The zero-order chi connectivity index (χ0) is 15.0. The number of carbonyl (C=O) groups is 3. The lowest BCUT2D eigenvalue weighted by Crippen LogP contribution is -2.54. The summed E-state index contributed by atoms with van der Waals surface area (Å²) in [5, 5.41) is 1.98. The highest BCUT2D eigenvalue weighted by Gasteiger charge is 2.47. The van der Waals surface area contributed by atoms with Gasteiger partial charge in [0.25, 0.3) is 5.91 Å². The van der Waals surface area contributed by atoms with E-state index in [0.717, 1.165) is 4.88 Å². The Balaban J connectivity index is 1.68. The molecular formula is C14H17N3O3S. The number of urea groups is 1. The molecule has 2 aliphatic rings. The second-order valence-corrected chi connectivity index (χ2v) is 6.31. The number of amides is 4. The number of imide groups is 1. The van der Waals surface area contributed by atoms with Crippen LogP contribution in [0.2, 0.25) is 0 Å². The van der Waals surface area contributed by atoms with E-state index in [2.05, 4.69) is 0 Å². The Morgan fingerprint density at radius 1 is 1.38 bits per heavy atom. The van der Waals surface area contributed by atoms with E-state index in [-0.39, 0.29) is 17.8 Å². The van der Waals surface area contributed by atoms with E-state index >= 15 is 0 Å². The number of piperazine rings is 1. The van der Waals surface area contributed by atoms with Gasteiger partial charge in [-0.15, -0.1) is 11.3 Å². The van der Waals surface area contributed by atoms with Gasteiger partial charge in [0.15, 0.2) is 0 Å². The Bertz CT molecular complexity index is 572. The quantitative estimate of drug-likeness (QED) is 0.776. The zero-order valence-corrected chi connectivity index (χ0v) is 12.6. The Morgan fingerprint density at radius 2 is 2.19 bits per heavy atom. The van der Waals surface area contributed by atoms with Crippen molar-refractivity contribution in [1.29, 1.82) is 0 Å². The van der Waals surface area contributed by atoms with Gasteiger partial charge in [0.1, 0.15) is 6.04 Å². The molecule has 0 saturated carbocycles. The Morgan fingerprint density at radius 3 is 2.86 bits per heavy atom. The van der Waals surface area contributed by atoms with Crippen LogP contribution in [0.3, 0.4) is 0 Å². The summed E-state index contributed by atoms with van der Waals surface area (Å²) in [7, 11) is 0. The SMILES string of the molecule is CC(=O)N1CCN2C(=O)N(CCc3cccs3)C(=O)[C@H]2C1. The zero-order valence-electron chi connectivity index (χ0n) is 11.8. The highest BCUT2D eigenvalue weighted by atomic mass is 32.1.